The summed E-state index contributed by atoms with van der Waals surface area (Å²) in [6, 6.07) is 2.66. The van der Waals surface area contributed by atoms with Gasteiger partial charge in [0.25, 0.3) is 5.91 Å². The Morgan fingerprint density at radius 2 is 2.14 bits per heavy atom. The summed E-state index contributed by atoms with van der Waals surface area (Å²) < 4.78 is 14.0. The van der Waals surface area contributed by atoms with E-state index in [0.717, 1.165) is 12.0 Å². The maximum Gasteiger partial charge on any atom is 0.254 e. The number of carbonyl (C=O) groups excluding carboxylic acids is 2. The minimum absolute atomic E-state index is 0.0483. The Bertz CT molecular complexity index is 611. The predicted molar refractivity (Wildman–Crippen MR) is 74.5 cm³/mol. The molecule has 0 bridgehead atoms. The number of nitrogens with one attached hydrogen (secondary N) is 2. The molecule has 0 spiro atoms. The second-order valence-electron chi connectivity index (χ2n) is 5.80. The fourth-order valence-electron chi connectivity index (χ4n) is 2.68. The molecule has 0 saturated heterocycles. The Morgan fingerprint density at radius 3 is 2.81 bits per heavy atom. The van der Waals surface area contributed by atoms with Crippen molar-refractivity contribution in [3.63, 3.8) is 0 Å². The van der Waals surface area contributed by atoms with Crippen molar-refractivity contribution in [2.45, 2.75) is 37.7 Å². The van der Waals surface area contributed by atoms with Crippen LogP contribution in [0.15, 0.2) is 12.1 Å². The topological polar surface area (TPSA) is 78.4 Å². The van der Waals surface area contributed by atoms with Gasteiger partial charge in [-0.15, -0.1) is 0 Å². The molecule has 2 aliphatic rings. The van der Waals surface area contributed by atoms with Crippen molar-refractivity contribution < 1.29 is 19.1 Å². The molecule has 3 N–H and O–H groups in total. The number of hydrogen-bond acceptors (Lipinski definition) is 3. The zero-order valence-electron chi connectivity index (χ0n) is 11.5. The molecule has 1 aliphatic carbocycles. The molecule has 1 aliphatic heterocycles. The molecule has 0 atom stereocenters. The van der Waals surface area contributed by atoms with Crippen LogP contribution in [0.2, 0.25) is 0 Å². The summed E-state index contributed by atoms with van der Waals surface area (Å²) in [5.41, 5.74) is 0.295. The largest absolute Gasteiger partial charge is 0.388 e. The quantitative estimate of drug-likeness (QED) is 0.787. The van der Waals surface area contributed by atoms with Crippen molar-refractivity contribution in [3.8, 4) is 0 Å². The number of rotatable bonds is 3. The number of hydrogen-bond donors (Lipinski definition) is 3. The van der Waals surface area contributed by atoms with E-state index in [4.69, 9.17) is 0 Å². The lowest BCUT2D eigenvalue weighted by atomic mass is 9.80. The Morgan fingerprint density at radius 1 is 1.38 bits per heavy atom. The predicted octanol–water partition coefficient (Wildman–Crippen LogP) is 1.36. The van der Waals surface area contributed by atoms with E-state index in [-0.39, 0.29) is 18.0 Å². The van der Waals surface area contributed by atoms with Crippen LogP contribution in [0.3, 0.4) is 0 Å². The van der Waals surface area contributed by atoms with Crippen LogP contribution in [0.1, 0.15) is 41.6 Å². The highest BCUT2D eigenvalue weighted by Crippen LogP contribution is 2.31. The first kappa shape index (κ1) is 14.0. The molecular formula is C15H17FN2O3. The molecular weight excluding hydrogens is 275 g/mol. The van der Waals surface area contributed by atoms with Crippen molar-refractivity contribution >= 4 is 17.5 Å². The molecule has 0 radical (unpaired) electrons. The monoisotopic (exact) mass is 292 g/mol. The number of amides is 2. The van der Waals surface area contributed by atoms with E-state index in [1.165, 1.54) is 12.1 Å². The maximum atomic E-state index is 14.0. The summed E-state index contributed by atoms with van der Waals surface area (Å²) in [7, 11) is 0. The molecule has 6 heteroatoms. The number of fused-ring (bicyclic) bond motifs is 1. The van der Waals surface area contributed by atoms with Crippen molar-refractivity contribution in [2.75, 3.05) is 11.9 Å². The van der Waals surface area contributed by atoms with Gasteiger partial charge in [0.2, 0.25) is 5.91 Å². The van der Waals surface area contributed by atoms with E-state index in [1.807, 2.05) is 0 Å². The van der Waals surface area contributed by atoms with E-state index in [9.17, 15) is 19.1 Å². The Balaban J connectivity index is 1.75. The van der Waals surface area contributed by atoms with Gasteiger partial charge < -0.3 is 15.7 Å². The van der Waals surface area contributed by atoms with Crippen LogP contribution in [-0.4, -0.2) is 29.1 Å². The first-order valence-electron chi connectivity index (χ1n) is 7.10. The fourth-order valence-corrected chi connectivity index (χ4v) is 2.68. The van der Waals surface area contributed by atoms with Crippen LogP contribution in [0, 0.1) is 5.82 Å². The standard InChI is InChI=1S/C15H17FN2O3/c16-11-7-12-9(2-3-13(19)18-12)6-10(11)14(20)17-8-15(21)4-1-5-15/h6-7,21H,1-5,8H2,(H,17,20)(H,18,19). The zero-order chi connectivity index (χ0) is 15.0. The number of anilines is 1. The van der Waals surface area contributed by atoms with Gasteiger partial charge in [0.15, 0.2) is 0 Å². The van der Waals surface area contributed by atoms with Crippen molar-refractivity contribution in [3.05, 3.63) is 29.1 Å². The number of halogens is 1. The number of benzene rings is 1. The molecule has 1 saturated carbocycles. The second kappa shape index (κ2) is 5.11. The molecule has 5 nitrogen and oxygen atoms in total. The number of aliphatic hydroxyl groups is 1. The van der Waals surface area contributed by atoms with E-state index in [0.29, 0.717) is 31.4 Å². The molecule has 0 unspecified atom stereocenters. The molecule has 0 aromatic heterocycles. The molecule has 21 heavy (non-hydrogen) atoms. The fraction of sp³-hybridized carbons (Fsp3) is 0.467. The van der Waals surface area contributed by atoms with Crippen LogP contribution < -0.4 is 10.6 Å². The minimum atomic E-state index is -0.839. The third kappa shape index (κ3) is 2.76. The SMILES string of the molecule is O=C1CCc2cc(C(=O)NCC3(O)CCC3)c(F)cc2N1. The number of carbonyl (C=O) groups is 2. The lowest BCUT2D eigenvalue weighted by Crippen LogP contribution is -2.47. The lowest BCUT2D eigenvalue weighted by Gasteiger charge is -2.36. The third-order valence-corrected chi connectivity index (χ3v) is 4.20. The van der Waals surface area contributed by atoms with Gasteiger partial charge in [-0.1, -0.05) is 0 Å². The molecule has 1 aromatic rings. The van der Waals surface area contributed by atoms with Gasteiger partial charge in [0.05, 0.1) is 11.2 Å². The van der Waals surface area contributed by atoms with Crippen LogP contribution in [0.25, 0.3) is 0 Å². The normalized spacial score (nSPS) is 19.2. The van der Waals surface area contributed by atoms with Crippen molar-refractivity contribution in [1.29, 1.82) is 0 Å². The molecule has 1 aromatic carbocycles. The van der Waals surface area contributed by atoms with Crippen LogP contribution >= 0.6 is 0 Å². The molecule has 1 heterocycles. The van der Waals surface area contributed by atoms with Crippen molar-refractivity contribution in [2.24, 2.45) is 0 Å². The highest BCUT2D eigenvalue weighted by atomic mass is 19.1. The molecule has 112 valence electrons. The molecule has 1 fully saturated rings. The first-order chi connectivity index (χ1) is 9.97. The van der Waals surface area contributed by atoms with E-state index in [1.54, 1.807) is 0 Å². The smallest absolute Gasteiger partial charge is 0.254 e. The van der Waals surface area contributed by atoms with E-state index >= 15 is 0 Å². The second-order valence-corrected chi connectivity index (χ2v) is 5.80. The van der Waals surface area contributed by atoms with Gasteiger partial charge in [-0.25, -0.2) is 4.39 Å². The average Bonchev–Trinajstić information content (AvgIpc) is 2.41. The lowest BCUT2D eigenvalue weighted by molar-refractivity contribution is -0.116. The van der Waals surface area contributed by atoms with Crippen LogP contribution in [-0.2, 0) is 11.2 Å². The summed E-state index contributed by atoms with van der Waals surface area (Å²) in [4.78, 5) is 23.3. The summed E-state index contributed by atoms with van der Waals surface area (Å²) in [6.07, 6.45) is 3.09. The van der Waals surface area contributed by atoms with E-state index < -0.39 is 17.3 Å². The highest BCUT2D eigenvalue weighted by Gasteiger charge is 2.34. The molecule has 3 rings (SSSR count). The summed E-state index contributed by atoms with van der Waals surface area (Å²) >= 11 is 0. The van der Waals surface area contributed by atoms with Crippen LogP contribution in [0.5, 0.6) is 0 Å². The van der Waals surface area contributed by atoms with Gasteiger partial charge in [-0.2, -0.15) is 0 Å². The van der Waals surface area contributed by atoms with Gasteiger partial charge >= 0.3 is 0 Å². The van der Waals surface area contributed by atoms with E-state index in [2.05, 4.69) is 10.6 Å². The average molecular weight is 292 g/mol. The summed E-state index contributed by atoms with van der Waals surface area (Å²) in [5, 5.41) is 15.1. The highest BCUT2D eigenvalue weighted by molar-refractivity contribution is 5.98. The zero-order valence-corrected chi connectivity index (χ0v) is 11.5. The summed E-state index contributed by atoms with van der Waals surface area (Å²) in [6.45, 7) is 0.138. The van der Waals surface area contributed by atoms with Gasteiger partial charge in [-0.3, -0.25) is 9.59 Å². The molecule has 2 amide bonds. The summed E-state index contributed by atoms with van der Waals surface area (Å²) in [5.74, 6) is -1.35. The van der Waals surface area contributed by atoms with Gasteiger partial charge in [0, 0.05) is 18.7 Å². The third-order valence-electron chi connectivity index (χ3n) is 4.20. The van der Waals surface area contributed by atoms with Crippen molar-refractivity contribution in [1.82, 2.24) is 5.32 Å². The Kier molecular flexibility index (Phi) is 3.41. The Hall–Kier alpha value is -1.95. The van der Waals surface area contributed by atoms with Gasteiger partial charge in [-0.05, 0) is 43.4 Å². The minimum Gasteiger partial charge on any atom is -0.388 e. The van der Waals surface area contributed by atoms with Gasteiger partial charge in [0.1, 0.15) is 5.82 Å². The maximum absolute atomic E-state index is 14.0. The van der Waals surface area contributed by atoms with Crippen LogP contribution in [0.4, 0.5) is 10.1 Å². The number of aryl methyl sites for hydroxylation is 1. The first-order valence-corrected chi connectivity index (χ1v) is 7.10. The Labute approximate surface area is 121 Å².